The first-order valence-electron chi connectivity index (χ1n) is 7.06. The molecule has 2 nitrogen and oxygen atoms in total. The topological polar surface area (TPSA) is 15.3 Å². The third-order valence-corrected chi connectivity index (χ3v) is 4.54. The molecule has 0 aromatic carbocycles. The van der Waals surface area contributed by atoms with Gasteiger partial charge in [-0.3, -0.25) is 4.90 Å². The van der Waals surface area contributed by atoms with Crippen LogP contribution in [0, 0.1) is 5.41 Å². The molecule has 0 radical (unpaired) electrons. The van der Waals surface area contributed by atoms with Gasteiger partial charge in [-0.25, -0.2) is 0 Å². The molecule has 0 aromatic rings. The van der Waals surface area contributed by atoms with E-state index >= 15 is 0 Å². The fraction of sp³-hybridized carbons (Fsp3) is 1.00. The molecular weight excluding hydrogens is 196 g/mol. The van der Waals surface area contributed by atoms with Gasteiger partial charge in [0.05, 0.1) is 0 Å². The van der Waals surface area contributed by atoms with Crippen LogP contribution in [0.25, 0.3) is 0 Å². The Morgan fingerprint density at radius 1 is 1.19 bits per heavy atom. The standard InChI is InChI=1S/C14H28N2/c1-12-10-16(13(2)9-15-12)11-14(3)7-5-4-6-8-14/h12-13,15H,4-11H2,1-3H3. The van der Waals surface area contributed by atoms with E-state index in [1.54, 1.807) is 0 Å². The lowest BCUT2D eigenvalue weighted by Crippen LogP contribution is -2.56. The summed E-state index contributed by atoms with van der Waals surface area (Å²) in [6.45, 7) is 10.9. The highest BCUT2D eigenvalue weighted by atomic mass is 15.2. The predicted molar refractivity (Wildman–Crippen MR) is 69.7 cm³/mol. The predicted octanol–water partition coefficient (Wildman–Crippen LogP) is 2.64. The fourth-order valence-electron chi connectivity index (χ4n) is 3.37. The van der Waals surface area contributed by atoms with Crippen LogP contribution in [0.4, 0.5) is 0 Å². The van der Waals surface area contributed by atoms with Gasteiger partial charge in [-0.15, -0.1) is 0 Å². The summed E-state index contributed by atoms with van der Waals surface area (Å²) in [5.41, 5.74) is 0.601. The number of hydrogen-bond acceptors (Lipinski definition) is 2. The highest BCUT2D eigenvalue weighted by Gasteiger charge is 2.32. The van der Waals surface area contributed by atoms with Crippen LogP contribution in [0.15, 0.2) is 0 Å². The number of nitrogens with zero attached hydrogens (tertiary/aromatic N) is 1. The van der Waals surface area contributed by atoms with Gasteiger partial charge in [0.1, 0.15) is 0 Å². The van der Waals surface area contributed by atoms with Crippen molar-refractivity contribution in [3.8, 4) is 0 Å². The summed E-state index contributed by atoms with van der Waals surface area (Å²) in [4.78, 5) is 2.71. The Kier molecular flexibility index (Phi) is 3.91. The van der Waals surface area contributed by atoms with E-state index in [1.807, 2.05) is 0 Å². The van der Waals surface area contributed by atoms with Gasteiger partial charge < -0.3 is 5.32 Å². The average Bonchev–Trinajstić information content (AvgIpc) is 2.24. The second-order valence-electron chi connectivity index (χ2n) is 6.46. The van der Waals surface area contributed by atoms with Gasteiger partial charge in [-0.2, -0.15) is 0 Å². The van der Waals surface area contributed by atoms with Crippen molar-refractivity contribution >= 4 is 0 Å². The smallest absolute Gasteiger partial charge is 0.0193 e. The molecule has 0 amide bonds. The molecule has 1 aliphatic carbocycles. The molecule has 2 heteroatoms. The van der Waals surface area contributed by atoms with Crippen LogP contribution >= 0.6 is 0 Å². The molecule has 1 aliphatic heterocycles. The SMILES string of the molecule is CC1CN(CC2(C)CCCCC2)C(C)CN1. The van der Waals surface area contributed by atoms with E-state index in [4.69, 9.17) is 0 Å². The van der Waals surface area contributed by atoms with Crippen molar-refractivity contribution in [3.63, 3.8) is 0 Å². The summed E-state index contributed by atoms with van der Waals surface area (Å²) in [6, 6.07) is 1.39. The zero-order chi connectivity index (χ0) is 11.6. The van der Waals surface area contributed by atoms with Gasteiger partial charge in [-0.05, 0) is 32.1 Å². The second-order valence-corrected chi connectivity index (χ2v) is 6.46. The summed E-state index contributed by atoms with van der Waals surface area (Å²) in [7, 11) is 0. The lowest BCUT2D eigenvalue weighted by atomic mass is 9.75. The van der Waals surface area contributed by atoms with Crippen LogP contribution in [-0.2, 0) is 0 Å². The van der Waals surface area contributed by atoms with Crippen molar-refractivity contribution in [2.24, 2.45) is 5.41 Å². The van der Waals surface area contributed by atoms with E-state index in [0.717, 1.165) is 12.6 Å². The number of piperazine rings is 1. The molecule has 2 unspecified atom stereocenters. The molecule has 0 bridgehead atoms. The Morgan fingerprint density at radius 3 is 2.56 bits per heavy atom. The molecule has 2 fully saturated rings. The zero-order valence-corrected chi connectivity index (χ0v) is 11.3. The lowest BCUT2D eigenvalue weighted by Gasteiger charge is -2.44. The van der Waals surface area contributed by atoms with E-state index in [2.05, 4.69) is 31.0 Å². The minimum Gasteiger partial charge on any atom is -0.311 e. The van der Waals surface area contributed by atoms with E-state index in [1.165, 1.54) is 45.2 Å². The van der Waals surface area contributed by atoms with Crippen LogP contribution in [0.2, 0.25) is 0 Å². The normalized spacial score (nSPS) is 36.2. The largest absolute Gasteiger partial charge is 0.311 e. The van der Waals surface area contributed by atoms with Crippen molar-refractivity contribution in [1.82, 2.24) is 10.2 Å². The molecule has 1 heterocycles. The first-order chi connectivity index (χ1) is 7.59. The Bertz CT molecular complexity index is 221. The maximum Gasteiger partial charge on any atom is 0.0193 e. The highest BCUT2D eigenvalue weighted by Crippen LogP contribution is 2.37. The summed E-state index contributed by atoms with van der Waals surface area (Å²) in [6.07, 6.45) is 7.25. The molecule has 2 aliphatic rings. The minimum absolute atomic E-state index is 0.601. The summed E-state index contributed by atoms with van der Waals surface area (Å²) in [5.74, 6) is 0. The average molecular weight is 224 g/mol. The van der Waals surface area contributed by atoms with Crippen LogP contribution in [-0.4, -0.2) is 36.6 Å². The molecule has 0 spiro atoms. The Morgan fingerprint density at radius 2 is 1.88 bits per heavy atom. The van der Waals surface area contributed by atoms with E-state index in [-0.39, 0.29) is 0 Å². The van der Waals surface area contributed by atoms with Crippen LogP contribution in [0.3, 0.4) is 0 Å². The zero-order valence-electron chi connectivity index (χ0n) is 11.3. The van der Waals surface area contributed by atoms with Gasteiger partial charge in [0, 0.05) is 31.7 Å². The summed E-state index contributed by atoms with van der Waals surface area (Å²) >= 11 is 0. The van der Waals surface area contributed by atoms with E-state index in [0.29, 0.717) is 11.5 Å². The third kappa shape index (κ3) is 2.98. The highest BCUT2D eigenvalue weighted by molar-refractivity contribution is 4.88. The molecule has 0 aromatic heterocycles. The molecule has 16 heavy (non-hydrogen) atoms. The molecule has 94 valence electrons. The first kappa shape index (κ1) is 12.4. The second kappa shape index (κ2) is 5.05. The lowest BCUT2D eigenvalue weighted by molar-refractivity contribution is 0.0673. The molecule has 1 saturated carbocycles. The Balaban J connectivity index is 1.91. The van der Waals surface area contributed by atoms with E-state index < -0.39 is 0 Å². The minimum atomic E-state index is 0.601. The van der Waals surface area contributed by atoms with Crippen LogP contribution in [0.1, 0.15) is 52.9 Å². The van der Waals surface area contributed by atoms with Crippen molar-refractivity contribution in [2.75, 3.05) is 19.6 Å². The quantitative estimate of drug-likeness (QED) is 0.776. The number of nitrogens with one attached hydrogen (secondary N) is 1. The Labute approximate surface area is 101 Å². The summed E-state index contributed by atoms with van der Waals surface area (Å²) in [5, 5.41) is 3.57. The Hall–Kier alpha value is -0.0800. The molecule has 2 atom stereocenters. The number of hydrogen-bond donors (Lipinski definition) is 1. The van der Waals surface area contributed by atoms with Gasteiger partial charge in [0.2, 0.25) is 0 Å². The monoisotopic (exact) mass is 224 g/mol. The van der Waals surface area contributed by atoms with Crippen LogP contribution in [0.5, 0.6) is 0 Å². The maximum absolute atomic E-state index is 3.57. The van der Waals surface area contributed by atoms with Crippen molar-refractivity contribution < 1.29 is 0 Å². The first-order valence-corrected chi connectivity index (χ1v) is 7.06. The van der Waals surface area contributed by atoms with Gasteiger partial charge in [-0.1, -0.05) is 26.2 Å². The molecule has 1 N–H and O–H groups in total. The molecule has 1 saturated heterocycles. The summed E-state index contributed by atoms with van der Waals surface area (Å²) < 4.78 is 0. The van der Waals surface area contributed by atoms with Gasteiger partial charge >= 0.3 is 0 Å². The van der Waals surface area contributed by atoms with Gasteiger partial charge in [0.15, 0.2) is 0 Å². The van der Waals surface area contributed by atoms with Crippen molar-refractivity contribution in [1.29, 1.82) is 0 Å². The maximum atomic E-state index is 3.57. The fourth-order valence-corrected chi connectivity index (χ4v) is 3.37. The van der Waals surface area contributed by atoms with E-state index in [9.17, 15) is 0 Å². The van der Waals surface area contributed by atoms with Crippen molar-refractivity contribution in [3.05, 3.63) is 0 Å². The molecule has 2 rings (SSSR count). The van der Waals surface area contributed by atoms with Crippen LogP contribution < -0.4 is 5.32 Å². The number of rotatable bonds is 2. The third-order valence-electron chi connectivity index (χ3n) is 4.54. The molecular formula is C14H28N2. The van der Waals surface area contributed by atoms with Gasteiger partial charge in [0.25, 0.3) is 0 Å². The van der Waals surface area contributed by atoms with Crippen molar-refractivity contribution in [2.45, 2.75) is 65.0 Å².